The van der Waals surface area contributed by atoms with E-state index in [0.29, 0.717) is 6.42 Å². The van der Waals surface area contributed by atoms with Crippen LogP contribution >= 0.6 is 11.8 Å². The van der Waals surface area contributed by atoms with Crippen molar-refractivity contribution in [1.82, 2.24) is 5.32 Å². The highest BCUT2D eigenvalue weighted by molar-refractivity contribution is 7.99. The van der Waals surface area contributed by atoms with Gasteiger partial charge in [0, 0.05) is 6.54 Å². The zero-order chi connectivity index (χ0) is 16.8. The number of amides is 1. The number of rotatable bonds is 7. The van der Waals surface area contributed by atoms with Crippen molar-refractivity contribution < 1.29 is 14.7 Å². The molecular formula is C18H21NO3S. The summed E-state index contributed by atoms with van der Waals surface area (Å²) in [4.78, 5) is 23.3. The van der Waals surface area contributed by atoms with Gasteiger partial charge in [0.25, 0.3) is 0 Å². The van der Waals surface area contributed by atoms with Crippen LogP contribution in [0.5, 0.6) is 0 Å². The zero-order valence-electron chi connectivity index (χ0n) is 13.3. The molecule has 5 heteroatoms. The summed E-state index contributed by atoms with van der Waals surface area (Å²) < 4.78 is 0. The van der Waals surface area contributed by atoms with Gasteiger partial charge in [0.1, 0.15) is 0 Å². The Hall–Kier alpha value is -2.01. The largest absolute Gasteiger partial charge is 0.481 e. The number of benzene rings is 2. The summed E-state index contributed by atoms with van der Waals surface area (Å²) in [6.45, 7) is 1.95. The van der Waals surface area contributed by atoms with E-state index in [1.807, 2.05) is 48.7 Å². The van der Waals surface area contributed by atoms with Gasteiger partial charge in [-0.15, -0.1) is 0 Å². The fraction of sp³-hybridized carbons (Fsp3) is 0.333. The van der Waals surface area contributed by atoms with Crippen LogP contribution in [0.2, 0.25) is 0 Å². The molecule has 1 amide bonds. The van der Waals surface area contributed by atoms with E-state index in [2.05, 4.69) is 5.32 Å². The molecular weight excluding hydrogens is 310 g/mol. The maximum absolute atomic E-state index is 11.8. The van der Waals surface area contributed by atoms with Crippen molar-refractivity contribution in [2.45, 2.75) is 18.6 Å². The average molecular weight is 331 g/mol. The molecule has 122 valence electrons. The molecule has 2 aromatic carbocycles. The molecule has 0 fully saturated rings. The highest BCUT2D eigenvalue weighted by Crippen LogP contribution is 2.18. The number of hydrogen-bond donors (Lipinski definition) is 2. The number of nitrogens with one attached hydrogen (secondary N) is 1. The molecule has 0 aliphatic rings. The van der Waals surface area contributed by atoms with Gasteiger partial charge in [-0.25, -0.2) is 0 Å². The van der Waals surface area contributed by atoms with Crippen molar-refractivity contribution >= 4 is 34.4 Å². The highest BCUT2D eigenvalue weighted by Gasteiger charge is 2.20. The average Bonchev–Trinajstić information content (AvgIpc) is 2.57. The molecule has 0 spiro atoms. The molecule has 2 aromatic rings. The Balaban J connectivity index is 2.06. The Kier molecular flexibility index (Phi) is 6.04. The first kappa shape index (κ1) is 17.3. The van der Waals surface area contributed by atoms with Crippen LogP contribution in [-0.4, -0.2) is 35.0 Å². The molecule has 0 saturated carbocycles. The molecule has 2 rings (SSSR count). The van der Waals surface area contributed by atoms with E-state index in [9.17, 15) is 14.7 Å². The van der Waals surface area contributed by atoms with Gasteiger partial charge >= 0.3 is 5.97 Å². The molecule has 0 bridgehead atoms. The van der Waals surface area contributed by atoms with Crippen molar-refractivity contribution in [3.8, 4) is 0 Å². The van der Waals surface area contributed by atoms with Crippen LogP contribution in [0, 0.1) is 5.92 Å². The number of hydrogen-bond acceptors (Lipinski definition) is 3. The lowest BCUT2D eigenvalue weighted by Crippen LogP contribution is -2.37. The van der Waals surface area contributed by atoms with E-state index < -0.39 is 11.9 Å². The van der Waals surface area contributed by atoms with Crippen molar-refractivity contribution in [2.24, 2.45) is 5.92 Å². The van der Waals surface area contributed by atoms with Crippen LogP contribution in [-0.2, 0) is 16.0 Å². The minimum atomic E-state index is -0.893. The van der Waals surface area contributed by atoms with Crippen molar-refractivity contribution in [2.75, 3.05) is 12.8 Å². The van der Waals surface area contributed by atoms with Gasteiger partial charge < -0.3 is 10.4 Å². The summed E-state index contributed by atoms with van der Waals surface area (Å²) in [5, 5.41) is 14.2. The second kappa shape index (κ2) is 8.02. The first-order valence-corrected chi connectivity index (χ1v) is 8.81. The molecule has 0 radical (unpaired) electrons. The summed E-state index contributed by atoms with van der Waals surface area (Å²) in [5.74, 6) is -1.65. The SMILES string of the molecule is CSC(C)C(=O)NCC(Cc1ccc2ccccc2c1)C(=O)O. The molecule has 0 aliphatic heterocycles. The Morgan fingerprint density at radius 2 is 1.87 bits per heavy atom. The highest BCUT2D eigenvalue weighted by atomic mass is 32.2. The predicted octanol–water partition coefficient (Wildman–Crippen LogP) is 2.95. The topological polar surface area (TPSA) is 66.4 Å². The van der Waals surface area contributed by atoms with E-state index in [4.69, 9.17) is 0 Å². The molecule has 2 N–H and O–H groups in total. The summed E-state index contributed by atoms with van der Waals surface area (Å²) in [7, 11) is 0. The molecule has 0 heterocycles. The first-order chi connectivity index (χ1) is 11.0. The van der Waals surface area contributed by atoms with Gasteiger partial charge in [0.15, 0.2) is 0 Å². The Morgan fingerprint density at radius 1 is 1.17 bits per heavy atom. The van der Waals surface area contributed by atoms with Crippen LogP contribution in [0.3, 0.4) is 0 Å². The number of carboxylic acid groups (broad SMARTS) is 1. The van der Waals surface area contributed by atoms with Crippen LogP contribution in [0.4, 0.5) is 0 Å². The number of thioether (sulfide) groups is 1. The lowest BCUT2D eigenvalue weighted by atomic mass is 9.97. The number of fused-ring (bicyclic) bond motifs is 1. The van der Waals surface area contributed by atoms with Crippen molar-refractivity contribution in [1.29, 1.82) is 0 Å². The summed E-state index contributed by atoms with van der Waals surface area (Å²) >= 11 is 1.44. The molecule has 23 heavy (non-hydrogen) atoms. The van der Waals surface area contributed by atoms with E-state index in [0.717, 1.165) is 16.3 Å². The van der Waals surface area contributed by atoms with E-state index in [1.165, 1.54) is 11.8 Å². The van der Waals surface area contributed by atoms with E-state index in [1.54, 1.807) is 6.92 Å². The quantitative estimate of drug-likeness (QED) is 0.818. The van der Waals surface area contributed by atoms with E-state index in [-0.39, 0.29) is 17.7 Å². The lowest BCUT2D eigenvalue weighted by Gasteiger charge is -2.15. The van der Waals surface area contributed by atoms with Crippen LogP contribution < -0.4 is 5.32 Å². The minimum absolute atomic E-state index is 0.123. The smallest absolute Gasteiger partial charge is 0.308 e. The Bertz CT molecular complexity index is 701. The van der Waals surface area contributed by atoms with Gasteiger partial charge in [-0.3, -0.25) is 9.59 Å². The monoisotopic (exact) mass is 331 g/mol. The third kappa shape index (κ3) is 4.73. The second-order valence-electron chi connectivity index (χ2n) is 5.54. The molecule has 2 unspecified atom stereocenters. The van der Waals surface area contributed by atoms with Gasteiger partial charge in [-0.2, -0.15) is 11.8 Å². The number of carboxylic acids is 1. The Labute approximate surface area is 140 Å². The predicted molar refractivity (Wildman–Crippen MR) is 94.8 cm³/mol. The number of carbonyl (C=O) groups is 2. The maximum atomic E-state index is 11.8. The van der Waals surface area contributed by atoms with Gasteiger partial charge in [0.2, 0.25) is 5.91 Å². The molecule has 2 atom stereocenters. The van der Waals surface area contributed by atoms with E-state index >= 15 is 0 Å². The van der Waals surface area contributed by atoms with Crippen molar-refractivity contribution in [3.63, 3.8) is 0 Å². The summed E-state index contributed by atoms with van der Waals surface area (Å²) in [5.41, 5.74) is 0.961. The third-order valence-corrected chi connectivity index (χ3v) is 4.81. The minimum Gasteiger partial charge on any atom is -0.481 e. The van der Waals surface area contributed by atoms with Crippen molar-refractivity contribution in [3.05, 3.63) is 48.0 Å². The number of carbonyl (C=O) groups excluding carboxylic acids is 1. The molecule has 4 nitrogen and oxygen atoms in total. The fourth-order valence-electron chi connectivity index (χ4n) is 2.37. The summed E-state index contributed by atoms with van der Waals surface area (Å²) in [6, 6.07) is 13.9. The summed E-state index contributed by atoms with van der Waals surface area (Å²) in [6.07, 6.45) is 2.25. The molecule has 0 aromatic heterocycles. The number of aliphatic carboxylic acids is 1. The van der Waals surface area contributed by atoms with Gasteiger partial charge in [-0.1, -0.05) is 42.5 Å². The zero-order valence-corrected chi connectivity index (χ0v) is 14.1. The molecule has 0 saturated heterocycles. The lowest BCUT2D eigenvalue weighted by molar-refractivity contribution is -0.141. The molecule has 0 aliphatic carbocycles. The normalized spacial score (nSPS) is 13.5. The van der Waals surface area contributed by atoms with Crippen LogP contribution in [0.25, 0.3) is 10.8 Å². The Morgan fingerprint density at radius 3 is 2.52 bits per heavy atom. The van der Waals surface area contributed by atoms with Gasteiger partial charge in [0.05, 0.1) is 11.2 Å². The van der Waals surface area contributed by atoms with Crippen LogP contribution in [0.15, 0.2) is 42.5 Å². The first-order valence-electron chi connectivity index (χ1n) is 7.52. The van der Waals surface area contributed by atoms with Gasteiger partial charge in [-0.05, 0) is 35.9 Å². The standard InChI is InChI=1S/C18H21NO3S/c1-12(23-2)17(20)19-11-16(18(21)22)10-13-7-8-14-5-3-4-6-15(14)9-13/h3-9,12,16H,10-11H2,1-2H3,(H,19,20)(H,21,22). The second-order valence-corrected chi connectivity index (χ2v) is 6.72. The third-order valence-electron chi connectivity index (χ3n) is 3.89. The van der Waals surface area contributed by atoms with Crippen LogP contribution in [0.1, 0.15) is 12.5 Å². The maximum Gasteiger partial charge on any atom is 0.308 e. The fourth-order valence-corrected chi connectivity index (χ4v) is 2.67.